The summed E-state index contributed by atoms with van der Waals surface area (Å²) >= 11 is 0. The molecule has 0 unspecified atom stereocenters. The molecule has 1 atom stereocenters. The van der Waals surface area contributed by atoms with Crippen LogP contribution in [0.1, 0.15) is 52.4 Å². The van der Waals surface area contributed by atoms with E-state index in [-0.39, 0.29) is 5.69 Å². The van der Waals surface area contributed by atoms with Crippen LogP contribution in [0.2, 0.25) is 0 Å². The van der Waals surface area contributed by atoms with Gasteiger partial charge in [0.1, 0.15) is 17.9 Å². The fourth-order valence-corrected chi connectivity index (χ4v) is 3.05. The van der Waals surface area contributed by atoms with Gasteiger partial charge in [-0.3, -0.25) is 14.5 Å². The van der Waals surface area contributed by atoms with E-state index < -0.39 is 35.7 Å². The van der Waals surface area contributed by atoms with Crippen LogP contribution in [0, 0.1) is 5.82 Å². The highest BCUT2D eigenvalue weighted by atomic mass is 19.1. The summed E-state index contributed by atoms with van der Waals surface area (Å²) in [5.74, 6) is -1.42. The number of urea groups is 1. The van der Waals surface area contributed by atoms with Gasteiger partial charge in [-0.25, -0.2) is 9.18 Å². The van der Waals surface area contributed by atoms with Crippen molar-refractivity contribution in [3.63, 3.8) is 0 Å². The van der Waals surface area contributed by atoms with Crippen molar-refractivity contribution in [1.29, 1.82) is 0 Å². The molecule has 142 valence electrons. The second-order valence-electron chi connectivity index (χ2n) is 6.88. The fourth-order valence-electron chi connectivity index (χ4n) is 3.05. The van der Waals surface area contributed by atoms with Crippen LogP contribution in [0.3, 0.4) is 0 Å². The zero-order valence-electron chi connectivity index (χ0n) is 15.3. The maximum absolute atomic E-state index is 13.2. The molecule has 1 heterocycles. The van der Waals surface area contributed by atoms with E-state index in [1.54, 1.807) is 6.92 Å². The standard InChI is InChI=1S/C19H26FN3O3/c1-3-4-5-6-7-11-19(2)17(25)23(18(26)22-19)13-16(24)21-15-10-8-9-14(20)12-15/h8-10,12H,3-7,11,13H2,1-2H3,(H,21,24)(H,22,26)/t19-/m0/s1. The summed E-state index contributed by atoms with van der Waals surface area (Å²) in [5.41, 5.74) is -0.691. The minimum absolute atomic E-state index is 0.278. The van der Waals surface area contributed by atoms with Gasteiger partial charge in [-0.15, -0.1) is 0 Å². The summed E-state index contributed by atoms with van der Waals surface area (Å²) in [6.07, 6.45) is 5.79. The number of hydrogen-bond donors (Lipinski definition) is 2. The highest BCUT2D eigenvalue weighted by molar-refractivity contribution is 6.09. The number of amides is 4. The molecule has 26 heavy (non-hydrogen) atoms. The molecule has 0 bridgehead atoms. The van der Waals surface area contributed by atoms with Gasteiger partial charge >= 0.3 is 6.03 Å². The van der Waals surface area contributed by atoms with Crippen molar-refractivity contribution in [2.24, 2.45) is 0 Å². The van der Waals surface area contributed by atoms with Crippen molar-refractivity contribution in [3.05, 3.63) is 30.1 Å². The first-order chi connectivity index (χ1) is 12.4. The lowest BCUT2D eigenvalue weighted by molar-refractivity contribution is -0.133. The van der Waals surface area contributed by atoms with Crippen LogP contribution in [0.5, 0.6) is 0 Å². The molecule has 4 amide bonds. The molecular formula is C19H26FN3O3. The Balaban J connectivity index is 1.90. The Hall–Kier alpha value is -2.44. The molecule has 1 aromatic rings. The van der Waals surface area contributed by atoms with E-state index in [1.807, 2.05) is 0 Å². The molecule has 1 aliphatic heterocycles. The van der Waals surface area contributed by atoms with Crippen molar-refractivity contribution in [2.75, 3.05) is 11.9 Å². The number of anilines is 1. The lowest BCUT2D eigenvalue weighted by atomic mass is 9.94. The monoisotopic (exact) mass is 363 g/mol. The Morgan fingerprint density at radius 2 is 1.96 bits per heavy atom. The lowest BCUT2D eigenvalue weighted by Crippen LogP contribution is -2.44. The van der Waals surface area contributed by atoms with Gasteiger partial charge in [0.25, 0.3) is 5.91 Å². The Bertz CT molecular complexity index is 680. The third kappa shape index (κ3) is 5.03. The molecule has 0 aliphatic carbocycles. The summed E-state index contributed by atoms with van der Waals surface area (Å²) in [6, 6.07) is 4.87. The van der Waals surface area contributed by atoms with Crippen LogP contribution >= 0.6 is 0 Å². The van der Waals surface area contributed by atoms with Gasteiger partial charge in [-0.05, 0) is 31.5 Å². The largest absolute Gasteiger partial charge is 0.325 e. The molecule has 0 radical (unpaired) electrons. The smallest absolute Gasteiger partial charge is 0.324 e. The first-order valence-corrected chi connectivity index (χ1v) is 9.05. The molecule has 1 aliphatic rings. The van der Waals surface area contributed by atoms with Crippen LogP contribution in [0.4, 0.5) is 14.9 Å². The number of nitrogens with one attached hydrogen (secondary N) is 2. The zero-order valence-corrected chi connectivity index (χ0v) is 15.3. The van der Waals surface area contributed by atoms with Gasteiger partial charge in [-0.2, -0.15) is 0 Å². The maximum Gasteiger partial charge on any atom is 0.325 e. The third-order valence-electron chi connectivity index (χ3n) is 4.54. The van der Waals surface area contributed by atoms with Crippen molar-refractivity contribution >= 4 is 23.5 Å². The third-order valence-corrected chi connectivity index (χ3v) is 4.54. The number of hydrogen-bond acceptors (Lipinski definition) is 3. The van der Waals surface area contributed by atoms with E-state index in [2.05, 4.69) is 17.6 Å². The molecular weight excluding hydrogens is 337 g/mol. The van der Waals surface area contributed by atoms with Crippen molar-refractivity contribution < 1.29 is 18.8 Å². The van der Waals surface area contributed by atoms with E-state index in [0.717, 1.165) is 37.0 Å². The van der Waals surface area contributed by atoms with Crippen molar-refractivity contribution in [1.82, 2.24) is 10.2 Å². The molecule has 7 heteroatoms. The number of halogens is 1. The average molecular weight is 363 g/mol. The number of imide groups is 1. The minimum Gasteiger partial charge on any atom is -0.324 e. The highest BCUT2D eigenvalue weighted by Crippen LogP contribution is 2.24. The van der Waals surface area contributed by atoms with Gasteiger partial charge in [0.15, 0.2) is 0 Å². The summed E-state index contributed by atoms with van der Waals surface area (Å²) in [5, 5.41) is 5.19. The topological polar surface area (TPSA) is 78.5 Å². The lowest BCUT2D eigenvalue weighted by Gasteiger charge is -2.21. The average Bonchev–Trinajstić information content (AvgIpc) is 2.78. The first-order valence-electron chi connectivity index (χ1n) is 9.05. The second-order valence-corrected chi connectivity index (χ2v) is 6.88. The molecule has 0 saturated carbocycles. The molecule has 1 fully saturated rings. The predicted octanol–water partition coefficient (Wildman–Crippen LogP) is 3.44. The van der Waals surface area contributed by atoms with E-state index in [4.69, 9.17) is 0 Å². The van der Waals surface area contributed by atoms with Gasteiger partial charge in [0, 0.05) is 5.69 Å². The Morgan fingerprint density at radius 3 is 2.65 bits per heavy atom. The van der Waals surface area contributed by atoms with Gasteiger partial charge < -0.3 is 10.6 Å². The van der Waals surface area contributed by atoms with Crippen LogP contribution in [0.15, 0.2) is 24.3 Å². The summed E-state index contributed by atoms with van der Waals surface area (Å²) in [6.45, 7) is 3.43. The van der Waals surface area contributed by atoms with Crippen LogP contribution in [0.25, 0.3) is 0 Å². The van der Waals surface area contributed by atoms with Crippen LogP contribution < -0.4 is 10.6 Å². The molecule has 2 rings (SSSR count). The zero-order chi connectivity index (χ0) is 19.2. The van der Waals surface area contributed by atoms with Crippen molar-refractivity contribution in [3.8, 4) is 0 Å². The van der Waals surface area contributed by atoms with E-state index >= 15 is 0 Å². The maximum atomic E-state index is 13.2. The second kappa shape index (κ2) is 8.78. The molecule has 1 saturated heterocycles. The van der Waals surface area contributed by atoms with E-state index in [1.165, 1.54) is 24.3 Å². The SMILES string of the molecule is CCCCCCC[C@]1(C)NC(=O)N(CC(=O)Nc2cccc(F)c2)C1=O. The summed E-state index contributed by atoms with van der Waals surface area (Å²) in [7, 11) is 0. The van der Waals surface area contributed by atoms with Crippen LogP contribution in [-0.4, -0.2) is 34.8 Å². The molecule has 2 N–H and O–H groups in total. The van der Waals surface area contributed by atoms with Crippen LogP contribution in [-0.2, 0) is 9.59 Å². The summed E-state index contributed by atoms with van der Waals surface area (Å²) in [4.78, 5) is 37.8. The van der Waals surface area contributed by atoms with Gasteiger partial charge in [-0.1, -0.05) is 45.1 Å². The number of rotatable bonds is 9. The number of unbranched alkanes of at least 4 members (excludes halogenated alkanes) is 4. The Morgan fingerprint density at radius 1 is 1.23 bits per heavy atom. The van der Waals surface area contributed by atoms with Gasteiger partial charge in [0.2, 0.25) is 5.91 Å². The predicted molar refractivity (Wildman–Crippen MR) is 97.1 cm³/mol. The Labute approximate surface area is 153 Å². The van der Waals surface area contributed by atoms with Gasteiger partial charge in [0.05, 0.1) is 0 Å². The number of carbonyl (C=O) groups excluding carboxylic acids is 3. The van der Waals surface area contributed by atoms with E-state index in [0.29, 0.717) is 6.42 Å². The number of nitrogens with zero attached hydrogens (tertiary/aromatic N) is 1. The van der Waals surface area contributed by atoms with Crippen molar-refractivity contribution in [2.45, 2.75) is 57.9 Å². The van der Waals surface area contributed by atoms with E-state index in [9.17, 15) is 18.8 Å². The normalized spacial score (nSPS) is 19.6. The number of benzene rings is 1. The quantitative estimate of drug-likeness (QED) is 0.521. The number of carbonyl (C=O) groups is 3. The Kier molecular flexibility index (Phi) is 6.71. The molecule has 6 nitrogen and oxygen atoms in total. The highest BCUT2D eigenvalue weighted by Gasteiger charge is 2.47. The first kappa shape index (κ1) is 19.9. The fraction of sp³-hybridized carbons (Fsp3) is 0.526. The molecule has 0 aromatic heterocycles. The molecule has 0 spiro atoms. The summed E-state index contributed by atoms with van der Waals surface area (Å²) < 4.78 is 13.2. The minimum atomic E-state index is -0.970. The molecule has 1 aromatic carbocycles.